The quantitative estimate of drug-likeness (QED) is 0.0348. The van der Waals surface area contributed by atoms with Crippen LogP contribution in [0.4, 0.5) is 5.69 Å². The number of aliphatic hydroxyl groups is 1. The van der Waals surface area contributed by atoms with E-state index >= 15 is 0 Å². The topological polar surface area (TPSA) is 276 Å². The fourth-order valence-electron chi connectivity index (χ4n) is 6.21. The number of aromatic nitrogens is 2. The van der Waals surface area contributed by atoms with Gasteiger partial charge in [-0.25, -0.2) is 9.13 Å². The van der Waals surface area contributed by atoms with E-state index in [1.54, 1.807) is 0 Å². The van der Waals surface area contributed by atoms with Crippen molar-refractivity contribution in [1.29, 1.82) is 0 Å². The molecule has 0 spiro atoms. The Bertz CT molecular complexity index is 1990. The number of nitrogens with zero attached hydrogens (tertiary/aromatic N) is 2. The lowest BCUT2D eigenvalue weighted by molar-refractivity contribution is -0.122. The Morgan fingerprint density at radius 1 is 0.746 bits per heavy atom. The highest BCUT2D eigenvalue weighted by Gasteiger charge is 2.34. The number of phosphoric acid groups is 2. The van der Waals surface area contributed by atoms with Gasteiger partial charge in [0.15, 0.2) is 0 Å². The largest absolute Gasteiger partial charge is 0.694 e. The van der Waals surface area contributed by atoms with Crippen LogP contribution >= 0.6 is 23.9 Å². The summed E-state index contributed by atoms with van der Waals surface area (Å²) in [5.74, 6) is -0.157. The van der Waals surface area contributed by atoms with Gasteiger partial charge < -0.3 is 39.3 Å². The molecule has 1 aliphatic heterocycles. The molecule has 1 aliphatic rings. The van der Waals surface area contributed by atoms with Crippen molar-refractivity contribution in [1.82, 2.24) is 15.1 Å². The van der Waals surface area contributed by atoms with E-state index in [0.717, 1.165) is 33.8 Å². The van der Waals surface area contributed by atoms with Crippen LogP contribution in [0.2, 0.25) is 0 Å². The number of carbonyl (C=O) groups is 2. The van der Waals surface area contributed by atoms with E-state index in [9.17, 15) is 38.2 Å². The summed E-state index contributed by atoms with van der Waals surface area (Å²) in [4.78, 5) is 55.8. The van der Waals surface area contributed by atoms with Gasteiger partial charge in [0.25, 0.3) is 0 Å². The van der Waals surface area contributed by atoms with Crippen LogP contribution in [0, 0.1) is 0 Å². The average molecular weight is 950 g/mol. The van der Waals surface area contributed by atoms with E-state index in [2.05, 4.69) is 19.5 Å². The zero-order valence-corrected chi connectivity index (χ0v) is 38.3. The number of anilines is 1. The number of aliphatic hydroxyl groups excluding tert-OH is 1. The summed E-state index contributed by atoms with van der Waals surface area (Å²) in [7, 11) is -11.5. The van der Waals surface area contributed by atoms with Gasteiger partial charge in [-0.2, -0.15) is 0 Å². The maximum atomic E-state index is 13.7. The molecular weight excluding hydrogens is 889 g/mol. The highest BCUT2D eigenvalue weighted by atomic mass is 31.2. The maximum Gasteiger partial charge on any atom is 0.694 e. The maximum absolute atomic E-state index is 13.7. The average Bonchev–Trinajstić information content (AvgIpc) is 3.22. The predicted octanol–water partition coefficient (Wildman–Crippen LogP) is 5.16. The van der Waals surface area contributed by atoms with Crippen LogP contribution in [0.5, 0.6) is 0 Å². The Balaban J connectivity index is 0.993. The second-order valence-corrected chi connectivity index (χ2v) is 18.4. The summed E-state index contributed by atoms with van der Waals surface area (Å²) < 4.78 is 75.6. The highest BCUT2D eigenvalue weighted by molar-refractivity contribution is 7.47. The van der Waals surface area contributed by atoms with E-state index in [4.69, 9.17) is 32.7 Å². The molecule has 3 unspecified atom stereocenters. The van der Waals surface area contributed by atoms with Gasteiger partial charge in [0.05, 0.1) is 102 Å². The van der Waals surface area contributed by atoms with Crippen LogP contribution in [-0.4, -0.2) is 127 Å². The van der Waals surface area contributed by atoms with Crippen LogP contribution < -0.4 is 10.2 Å². The number of rotatable bonds is 32. The molecule has 21 nitrogen and oxygen atoms in total. The third-order valence-electron chi connectivity index (χ3n) is 9.42. The standard InChI is InChI=1S/C39H59N4O17P3/c1-39(2,30-44)43-38-32-12-4-3-11-31(32)29-42(34-14-6-5-13-33(34)37(38)41-43)36(46)16-8-7-15-35(45)40-17-22-53-23-24-54-25-26-55-27-28-60-63(51,52)59-21-10-20-58-62(49,50)57-19-9-18-56-61(47)48/h3-6,11-14,41,44H,7-10,15-30H2,1-2H3,(H3-,40,45,47,48,49,50,51,52)/p+1. The molecule has 0 radical (unpaired) electrons. The molecule has 352 valence electrons. The molecule has 1 aromatic heterocycles. The normalized spacial score (nSPS) is 14.8. The second-order valence-electron chi connectivity index (χ2n) is 14.7. The van der Waals surface area contributed by atoms with Gasteiger partial charge in [0.2, 0.25) is 11.8 Å². The van der Waals surface area contributed by atoms with Gasteiger partial charge in [-0.15, -0.1) is 9.42 Å². The van der Waals surface area contributed by atoms with Crippen molar-refractivity contribution >= 4 is 41.4 Å². The summed E-state index contributed by atoms with van der Waals surface area (Å²) in [5.41, 5.74) is 5.05. The first-order chi connectivity index (χ1) is 30.1. The number of fused-ring (bicyclic) bond motifs is 5. The number of amides is 2. The van der Waals surface area contributed by atoms with Crippen molar-refractivity contribution in [3.63, 3.8) is 0 Å². The lowest BCUT2D eigenvalue weighted by atomic mass is 9.92. The molecule has 3 atom stereocenters. The summed E-state index contributed by atoms with van der Waals surface area (Å²) in [6.45, 7) is 4.62. The third-order valence-corrected chi connectivity index (χ3v) is 11.9. The molecule has 0 fully saturated rings. The zero-order valence-electron chi connectivity index (χ0n) is 35.6. The van der Waals surface area contributed by atoms with Gasteiger partial charge in [-0.3, -0.25) is 37.5 Å². The minimum Gasteiger partial charge on any atom is -0.394 e. The van der Waals surface area contributed by atoms with Gasteiger partial charge in [-0.05, 0) is 51.2 Å². The Morgan fingerprint density at radius 2 is 1.29 bits per heavy atom. The van der Waals surface area contributed by atoms with Gasteiger partial charge in [-0.1, -0.05) is 42.5 Å². The smallest absolute Gasteiger partial charge is 0.394 e. The number of hydrogen-bond acceptors (Lipinski definition) is 14. The summed E-state index contributed by atoms with van der Waals surface area (Å²) >= 11 is 0. The number of benzene rings is 2. The number of nitrogens with one attached hydrogen (secondary N) is 2. The van der Waals surface area contributed by atoms with Crippen molar-refractivity contribution in [3.05, 3.63) is 54.1 Å². The second kappa shape index (κ2) is 26.7. The molecule has 2 amide bonds. The molecule has 4 rings (SSSR count). The fraction of sp³-hybridized carbons (Fsp3) is 0.590. The van der Waals surface area contributed by atoms with Gasteiger partial charge in [0.1, 0.15) is 6.61 Å². The Morgan fingerprint density at radius 3 is 1.92 bits per heavy atom. The molecule has 2 aromatic carbocycles. The van der Waals surface area contributed by atoms with E-state index < -0.39 is 29.4 Å². The van der Waals surface area contributed by atoms with E-state index in [-0.39, 0.29) is 104 Å². The van der Waals surface area contributed by atoms with Gasteiger partial charge >= 0.3 is 23.9 Å². The van der Waals surface area contributed by atoms with Crippen molar-refractivity contribution in [2.75, 3.05) is 90.7 Å². The number of unbranched alkanes of at least 4 members (excludes halogenated alkanes) is 1. The van der Waals surface area contributed by atoms with Gasteiger partial charge in [0, 0.05) is 35.1 Å². The molecule has 24 heteroatoms. The number of para-hydroxylation sites is 1. The SMILES string of the molecule is CC(C)(CO)n1[nH]c2c1-c1ccccc1CN(C(=O)CCCCC(=O)NCCOCCOCCOCCOP(=O)(O)OCCCOP(=O)(O)OCCCO[P+](=O)O)c1ccccc1-2. The van der Waals surface area contributed by atoms with Crippen LogP contribution in [0.25, 0.3) is 22.5 Å². The van der Waals surface area contributed by atoms with Crippen LogP contribution in [0.3, 0.4) is 0 Å². The van der Waals surface area contributed by atoms with Crippen LogP contribution in [0.1, 0.15) is 57.9 Å². The lowest BCUT2D eigenvalue weighted by Gasteiger charge is -2.38. The number of carbonyl (C=O) groups excluding carboxylic acids is 2. The summed E-state index contributed by atoms with van der Waals surface area (Å²) in [5, 5.41) is 16.4. The minimum atomic E-state index is -4.39. The molecule has 0 aliphatic carbocycles. The summed E-state index contributed by atoms with van der Waals surface area (Å²) in [6, 6.07) is 15.8. The molecule has 0 saturated carbocycles. The van der Waals surface area contributed by atoms with E-state index in [1.165, 1.54) is 0 Å². The van der Waals surface area contributed by atoms with Crippen LogP contribution in [0.15, 0.2) is 48.5 Å². The molecule has 0 saturated heterocycles. The minimum absolute atomic E-state index is 0.0118. The Hall–Kier alpha value is -3.20. The number of hydrogen-bond donors (Lipinski definition) is 6. The Kier molecular flexibility index (Phi) is 22.2. The molecular formula is C39H60N4O17P3+. The van der Waals surface area contributed by atoms with Crippen molar-refractivity contribution in [2.24, 2.45) is 0 Å². The first-order valence-corrected chi connectivity index (χ1v) is 24.7. The third kappa shape index (κ3) is 18.0. The first kappa shape index (κ1) is 52.4. The Labute approximate surface area is 367 Å². The number of phosphoric ester groups is 2. The van der Waals surface area contributed by atoms with E-state index in [1.807, 2.05) is 72.0 Å². The molecule has 6 N–H and O–H groups in total. The highest BCUT2D eigenvalue weighted by Crippen LogP contribution is 2.46. The molecule has 2 heterocycles. The molecule has 63 heavy (non-hydrogen) atoms. The zero-order chi connectivity index (χ0) is 45.7. The molecule has 0 bridgehead atoms. The lowest BCUT2D eigenvalue weighted by Crippen LogP contribution is -2.38. The van der Waals surface area contributed by atoms with Crippen LogP contribution in [-0.2, 0) is 72.2 Å². The summed E-state index contributed by atoms with van der Waals surface area (Å²) in [6.07, 6.45) is 1.71. The number of ether oxygens (including phenoxy) is 3. The number of H-pyrrole nitrogens is 1. The number of aromatic amines is 1. The first-order valence-electron chi connectivity index (χ1n) is 20.6. The molecule has 3 aromatic rings. The predicted molar refractivity (Wildman–Crippen MR) is 230 cm³/mol. The fourth-order valence-corrected chi connectivity index (χ4v) is 8.03. The van der Waals surface area contributed by atoms with E-state index in [0.29, 0.717) is 39.1 Å². The monoisotopic (exact) mass is 949 g/mol. The van der Waals surface area contributed by atoms with Crippen molar-refractivity contribution < 1.29 is 79.9 Å². The van der Waals surface area contributed by atoms with Crippen molar-refractivity contribution in [2.45, 2.75) is 64.5 Å². The van der Waals surface area contributed by atoms with Crippen molar-refractivity contribution in [3.8, 4) is 22.5 Å².